The fourth-order valence-corrected chi connectivity index (χ4v) is 1.08. The number of carbonyl (C=O) groups is 2. The number of nitrogens with zero attached hydrogens (tertiary/aromatic N) is 2. The zero-order valence-electron chi connectivity index (χ0n) is 8.87. The highest BCUT2D eigenvalue weighted by Crippen LogP contribution is 2.13. The van der Waals surface area contributed by atoms with E-state index in [0.29, 0.717) is 0 Å². The number of amides is 2. The van der Waals surface area contributed by atoms with Crippen LogP contribution in [-0.2, 0) is 14.4 Å². The lowest BCUT2D eigenvalue weighted by Crippen LogP contribution is -2.38. The summed E-state index contributed by atoms with van der Waals surface area (Å²) in [5.41, 5.74) is 1.57. The minimum atomic E-state index is -4.52. The van der Waals surface area contributed by atoms with Crippen molar-refractivity contribution in [3.8, 4) is 0 Å². The van der Waals surface area contributed by atoms with Crippen molar-refractivity contribution in [1.82, 2.24) is 10.5 Å². The number of carbonyl (C=O) groups excluding carboxylic acids is 2. The molecular weight excluding hydrogens is 243 g/mol. The van der Waals surface area contributed by atoms with Crippen LogP contribution in [0.1, 0.15) is 12.8 Å². The predicted molar refractivity (Wildman–Crippen MR) is 49.6 cm³/mol. The minimum Gasteiger partial charge on any atom is -0.273 e. The van der Waals surface area contributed by atoms with E-state index in [-0.39, 0.29) is 24.5 Å². The van der Waals surface area contributed by atoms with Crippen molar-refractivity contribution in [2.75, 3.05) is 13.7 Å². The van der Waals surface area contributed by atoms with Crippen LogP contribution in [0.5, 0.6) is 0 Å². The highest BCUT2D eigenvalue weighted by atomic mass is 19.4. The van der Waals surface area contributed by atoms with Crippen LogP contribution < -0.4 is 5.48 Å². The molecule has 0 unspecified atom stereocenters. The van der Waals surface area contributed by atoms with Crippen molar-refractivity contribution in [1.29, 1.82) is 0 Å². The van der Waals surface area contributed by atoms with Crippen LogP contribution in [0, 0.1) is 0 Å². The van der Waals surface area contributed by atoms with Gasteiger partial charge in [0.25, 0.3) is 5.91 Å². The van der Waals surface area contributed by atoms with Gasteiger partial charge in [0.15, 0.2) is 6.61 Å². The van der Waals surface area contributed by atoms with Gasteiger partial charge in [-0.15, -0.1) is 0 Å². The third-order valence-electron chi connectivity index (χ3n) is 1.87. The molecule has 1 aliphatic heterocycles. The quantitative estimate of drug-likeness (QED) is 0.730. The molecule has 96 valence electrons. The molecule has 9 heteroatoms. The Bertz CT molecular complexity index is 354. The first kappa shape index (κ1) is 13.4. The lowest BCUT2D eigenvalue weighted by molar-refractivity contribution is -0.190. The van der Waals surface area contributed by atoms with Crippen LogP contribution in [-0.4, -0.2) is 42.4 Å². The van der Waals surface area contributed by atoms with E-state index in [2.05, 4.69) is 9.94 Å². The molecule has 0 aliphatic carbocycles. The lowest BCUT2D eigenvalue weighted by Gasteiger charge is -2.18. The van der Waals surface area contributed by atoms with Crippen LogP contribution in [0.15, 0.2) is 5.10 Å². The Balaban J connectivity index is 2.44. The van der Waals surface area contributed by atoms with Gasteiger partial charge in [-0.3, -0.25) is 14.4 Å². The molecule has 1 heterocycles. The molecule has 0 bridgehead atoms. The standard InChI is InChI=1S/C8H10F3N3O3/c1-14-6(15)3-2-5(12-14)7(16)13-17-4-8(9,10)11/h2-4H2,1H3,(H,13,16). The Labute approximate surface area is 94.4 Å². The van der Waals surface area contributed by atoms with E-state index in [1.807, 2.05) is 0 Å². The van der Waals surface area contributed by atoms with Gasteiger partial charge in [-0.25, -0.2) is 10.5 Å². The molecule has 17 heavy (non-hydrogen) atoms. The third kappa shape index (κ3) is 4.39. The Morgan fingerprint density at radius 3 is 2.71 bits per heavy atom. The summed E-state index contributed by atoms with van der Waals surface area (Å²) in [6.07, 6.45) is -4.36. The zero-order valence-corrected chi connectivity index (χ0v) is 8.87. The maximum absolute atomic E-state index is 11.7. The van der Waals surface area contributed by atoms with Crippen molar-refractivity contribution in [3.05, 3.63) is 0 Å². The van der Waals surface area contributed by atoms with Gasteiger partial charge in [0.05, 0.1) is 0 Å². The Morgan fingerprint density at radius 2 is 2.18 bits per heavy atom. The van der Waals surface area contributed by atoms with Gasteiger partial charge in [-0.2, -0.15) is 18.3 Å². The van der Waals surface area contributed by atoms with Crippen LogP contribution in [0.2, 0.25) is 0 Å². The van der Waals surface area contributed by atoms with Crippen molar-refractivity contribution in [3.63, 3.8) is 0 Å². The molecule has 0 radical (unpaired) electrons. The molecule has 0 aromatic rings. The smallest absolute Gasteiger partial charge is 0.273 e. The van der Waals surface area contributed by atoms with Gasteiger partial charge in [0.1, 0.15) is 5.71 Å². The molecular formula is C8H10F3N3O3. The zero-order chi connectivity index (χ0) is 13.1. The van der Waals surface area contributed by atoms with Gasteiger partial charge < -0.3 is 0 Å². The summed E-state index contributed by atoms with van der Waals surface area (Å²) in [4.78, 5) is 26.2. The van der Waals surface area contributed by atoms with Crippen molar-refractivity contribution in [2.45, 2.75) is 19.0 Å². The minimum absolute atomic E-state index is 0.0470. The van der Waals surface area contributed by atoms with Crippen molar-refractivity contribution >= 4 is 17.5 Å². The molecule has 6 nitrogen and oxygen atoms in total. The SMILES string of the molecule is CN1N=C(C(=O)NOCC(F)(F)F)CCC1=O. The van der Waals surface area contributed by atoms with E-state index in [1.165, 1.54) is 7.05 Å². The van der Waals surface area contributed by atoms with Gasteiger partial charge in [0.2, 0.25) is 5.91 Å². The maximum atomic E-state index is 11.7. The summed E-state index contributed by atoms with van der Waals surface area (Å²) in [6, 6.07) is 0. The number of nitrogens with one attached hydrogen (secondary N) is 1. The van der Waals surface area contributed by atoms with Gasteiger partial charge in [-0.05, 0) is 0 Å². The monoisotopic (exact) mass is 253 g/mol. The highest BCUT2D eigenvalue weighted by Gasteiger charge is 2.29. The van der Waals surface area contributed by atoms with Gasteiger partial charge in [-0.1, -0.05) is 0 Å². The normalized spacial score (nSPS) is 16.8. The molecule has 1 N–H and O–H groups in total. The first-order chi connectivity index (χ1) is 7.79. The largest absolute Gasteiger partial charge is 0.414 e. The summed E-state index contributed by atoms with van der Waals surface area (Å²) < 4.78 is 35.1. The number of hydroxylamine groups is 1. The first-order valence-electron chi connectivity index (χ1n) is 4.62. The molecule has 0 saturated heterocycles. The number of rotatable bonds is 3. The fourth-order valence-electron chi connectivity index (χ4n) is 1.08. The second-order valence-corrected chi connectivity index (χ2v) is 3.30. The molecule has 0 aromatic heterocycles. The summed E-state index contributed by atoms with van der Waals surface area (Å²) >= 11 is 0. The molecule has 0 fully saturated rings. The fraction of sp³-hybridized carbons (Fsp3) is 0.625. The number of hydrazone groups is 1. The second kappa shape index (κ2) is 5.13. The van der Waals surface area contributed by atoms with E-state index < -0.39 is 18.7 Å². The van der Waals surface area contributed by atoms with Crippen molar-refractivity contribution in [2.24, 2.45) is 5.10 Å². The van der Waals surface area contributed by atoms with Crippen LogP contribution in [0.3, 0.4) is 0 Å². The number of alkyl halides is 3. The van der Waals surface area contributed by atoms with Crippen LogP contribution >= 0.6 is 0 Å². The number of hydrogen-bond donors (Lipinski definition) is 1. The molecule has 1 aliphatic rings. The van der Waals surface area contributed by atoms with E-state index in [0.717, 1.165) is 5.01 Å². The molecule has 1 rings (SSSR count). The van der Waals surface area contributed by atoms with Gasteiger partial charge >= 0.3 is 6.18 Å². The van der Waals surface area contributed by atoms with E-state index in [9.17, 15) is 22.8 Å². The van der Waals surface area contributed by atoms with Crippen LogP contribution in [0.4, 0.5) is 13.2 Å². The summed E-state index contributed by atoms with van der Waals surface area (Å²) in [5.74, 6) is -1.15. The number of hydrogen-bond acceptors (Lipinski definition) is 4. The van der Waals surface area contributed by atoms with Crippen molar-refractivity contribution < 1.29 is 27.6 Å². The Hall–Kier alpha value is -1.64. The summed E-state index contributed by atoms with van der Waals surface area (Å²) in [5, 5.41) is 4.57. The topological polar surface area (TPSA) is 71.0 Å². The third-order valence-corrected chi connectivity index (χ3v) is 1.87. The Kier molecular flexibility index (Phi) is 4.05. The van der Waals surface area contributed by atoms with Crippen LogP contribution in [0.25, 0.3) is 0 Å². The molecule has 0 spiro atoms. The maximum Gasteiger partial charge on any atom is 0.414 e. The number of halogens is 3. The summed E-state index contributed by atoms with van der Waals surface area (Å²) in [6.45, 7) is -1.58. The molecule has 0 atom stereocenters. The van der Waals surface area contributed by atoms with Gasteiger partial charge in [0, 0.05) is 19.9 Å². The van der Waals surface area contributed by atoms with E-state index in [1.54, 1.807) is 5.48 Å². The van der Waals surface area contributed by atoms with E-state index in [4.69, 9.17) is 0 Å². The lowest BCUT2D eigenvalue weighted by atomic mass is 10.1. The average Bonchev–Trinajstić information content (AvgIpc) is 2.20. The predicted octanol–water partition coefficient (Wildman–Crippen LogP) is 0.205. The molecule has 2 amide bonds. The molecule has 0 saturated carbocycles. The second-order valence-electron chi connectivity index (χ2n) is 3.30. The van der Waals surface area contributed by atoms with E-state index >= 15 is 0 Å². The summed E-state index contributed by atoms with van der Waals surface area (Å²) in [7, 11) is 1.35. The first-order valence-corrected chi connectivity index (χ1v) is 4.62. The highest BCUT2D eigenvalue weighted by molar-refractivity contribution is 6.39. The molecule has 0 aromatic carbocycles. The average molecular weight is 253 g/mol. The Morgan fingerprint density at radius 1 is 1.53 bits per heavy atom.